The van der Waals surface area contributed by atoms with Gasteiger partial charge in [-0.3, -0.25) is 0 Å². The number of fused-ring (bicyclic) bond motifs is 1. The Bertz CT molecular complexity index is 995. The van der Waals surface area contributed by atoms with Crippen LogP contribution in [0.2, 0.25) is 0 Å². The van der Waals surface area contributed by atoms with E-state index in [1.165, 1.54) is 0 Å². The predicted octanol–water partition coefficient (Wildman–Crippen LogP) is 1.53. The summed E-state index contributed by atoms with van der Waals surface area (Å²) in [6.07, 6.45) is -10.5. The Kier molecular flexibility index (Phi) is 12.8. The molecule has 11 atom stereocenters. The summed E-state index contributed by atoms with van der Waals surface area (Å²) in [5.74, 6) is 0. The molecule has 14 heteroatoms. The van der Waals surface area contributed by atoms with Gasteiger partial charge in [-0.05, 0) is 40.0 Å². The number of aliphatic hydroxyl groups excluding tert-OH is 4. The first-order chi connectivity index (χ1) is 20.5. The number of benzene rings is 1. The van der Waals surface area contributed by atoms with E-state index in [0.29, 0.717) is 23.8 Å². The summed E-state index contributed by atoms with van der Waals surface area (Å²) in [4.78, 5) is 11.7. The van der Waals surface area contributed by atoms with Crippen molar-refractivity contribution in [1.82, 2.24) is 5.32 Å². The van der Waals surface area contributed by atoms with E-state index in [-0.39, 0.29) is 13.2 Å². The fourth-order valence-corrected chi connectivity index (χ4v) is 5.78. The molecule has 4 rings (SSSR count). The molecule has 0 spiro atoms. The second-order valence-electron chi connectivity index (χ2n) is 11.8. The van der Waals surface area contributed by atoms with Gasteiger partial charge >= 0.3 is 6.09 Å². The number of nitrogens with one attached hydrogen (secondary N) is 1. The molecule has 3 aliphatic rings. The third kappa shape index (κ3) is 9.42. The molecule has 3 fully saturated rings. The van der Waals surface area contributed by atoms with E-state index >= 15 is 0 Å². The number of hydrogen-bond donors (Lipinski definition) is 5. The smallest absolute Gasteiger partial charge is 0.407 e. The Morgan fingerprint density at radius 1 is 0.953 bits per heavy atom. The highest BCUT2D eigenvalue weighted by molar-refractivity contribution is 14.1. The lowest BCUT2D eigenvalue weighted by Gasteiger charge is -2.48. The van der Waals surface area contributed by atoms with Gasteiger partial charge in [0.25, 0.3) is 0 Å². The second-order valence-corrected chi connectivity index (χ2v) is 12.7. The summed E-state index contributed by atoms with van der Waals surface area (Å²) >= 11 is 2.07. The Hall–Kier alpha value is -1.18. The van der Waals surface area contributed by atoms with Crippen LogP contribution in [-0.2, 0) is 33.2 Å². The first-order valence-electron chi connectivity index (χ1n) is 14.6. The zero-order valence-corrected chi connectivity index (χ0v) is 26.8. The second kappa shape index (κ2) is 15.9. The molecule has 43 heavy (non-hydrogen) atoms. The maximum Gasteiger partial charge on any atom is 0.407 e. The van der Waals surface area contributed by atoms with Crippen molar-refractivity contribution in [2.24, 2.45) is 0 Å². The Morgan fingerprint density at radius 2 is 1.67 bits per heavy atom. The van der Waals surface area contributed by atoms with E-state index in [1.54, 1.807) is 20.8 Å². The number of halogens is 1. The van der Waals surface area contributed by atoms with Gasteiger partial charge in [0, 0.05) is 23.1 Å². The van der Waals surface area contributed by atoms with Gasteiger partial charge in [-0.25, -0.2) is 4.79 Å². The lowest BCUT2D eigenvalue weighted by molar-refractivity contribution is -0.383. The normalized spacial score (nSPS) is 36.5. The Balaban J connectivity index is 1.23. The van der Waals surface area contributed by atoms with Crippen LogP contribution in [0.1, 0.15) is 51.9 Å². The summed E-state index contributed by atoms with van der Waals surface area (Å²) in [6, 6.07) is 9.25. The van der Waals surface area contributed by atoms with Gasteiger partial charge < -0.3 is 58.9 Å². The first-order valence-corrected chi connectivity index (χ1v) is 16.2. The zero-order chi connectivity index (χ0) is 31.1. The van der Waals surface area contributed by atoms with Crippen LogP contribution < -0.4 is 5.32 Å². The zero-order valence-electron chi connectivity index (χ0n) is 24.6. The first kappa shape index (κ1) is 34.7. The number of ether oxygens (including phenoxy) is 7. The van der Waals surface area contributed by atoms with E-state index in [0.717, 1.165) is 12.0 Å². The van der Waals surface area contributed by atoms with Crippen molar-refractivity contribution < 1.29 is 58.4 Å². The van der Waals surface area contributed by atoms with Crippen molar-refractivity contribution in [3.05, 3.63) is 35.9 Å². The minimum absolute atomic E-state index is 0.0862. The molecule has 3 saturated heterocycles. The molecule has 0 bridgehead atoms. The van der Waals surface area contributed by atoms with E-state index < -0.39 is 79.4 Å². The van der Waals surface area contributed by atoms with Crippen LogP contribution in [0.15, 0.2) is 30.3 Å². The molecule has 7 unspecified atom stereocenters. The van der Waals surface area contributed by atoms with Crippen molar-refractivity contribution in [1.29, 1.82) is 0 Å². The van der Waals surface area contributed by atoms with Gasteiger partial charge in [-0.2, -0.15) is 0 Å². The maximum absolute atomic E-state index is 11.7. The summed E-state index contributed by atoms with van der Waals surface area (Å²) in [7, 11) is 0. The van der Waals surface area contributed by atoms with Crippen LogP contribution in [0.4, 0.5) is 4.79 Å². The van der Waals surface area contributed by atoms with Crippen LogP contribution in [0.25, 0.3) is 0 Å². The minimum Gasteiger partial charge on any atom is -0.444 e. The highest BCUT2D eigenvalue weighted by Gasteiger charge is 2.52. The molecule has 1 amide bonds. The molecular weight excluding hydrogens is 681 g/mol. The van der Waals surface area contributed by atoms with E-state index in [2.05, 4.69) is 27.9 Å². The standard InChI is InChI=1S/C29H44INO12/c1-29(2,3)43-28(36)31-12-8-5-9-13-37-26-21(34)19(32)23(17(14-30)39-26)42-27-22(35)20(33)24-18(40-27)15-38-25(41-24)16-10-6-4-7-11-16/h4,6-7,10-11,17-27,32-35H,5,8-9,12-15H2,1-3H3,(H,31,36)/t17?,18?,19?,20?,21?,22?,23-,24-,25?,26+,27-/m0/s1. The number of rotatable bonds is 11. The lowest BCUT2D eigenvalue weighted by Crippen LogP contribution is -2.65. The van der Waals surface area contributed by atoms with E-state index in [9.17, 15) is 25.2 Å². The monoisotopic (exact) mass is 725 g/mol. The molecule has 0 aromatic heterocycles. The fourth-order valence-electron chi connectivity index (χ4n) is 5.07. The predicted molar refractivity (Wildman–Crippen MR) is 159 cm³/mol. The highest BCUT2D eigenvalue weighted by atomic mass is 127. The van der Waals surface area contributed by atoms with Gasteiger partial charge in [0.15, 0.2) is 18.9 Å². The average Bonchev–Trinajstić information content (AvgIpc) is 2.97. The molecule has 3 aliphatic heterocycles. The van der Waals surface area contributed by atoms with Crippen molar-refractivity contribution >= 4 is 28.7 Å². The van der Waals surface area contributed by atoms with Crippen molar-refractivity contribution in [3.63, 3.8) is 0 Å². The summed E-state index contributed by atoms with van der Waals surface area (Å²) in [5.41, 5.74) is 0.220. The molecular formula is C29H44INO12. The van der Waals surface area contributed by atoms with Crippen LogP contribution in [0.3, 0.4) is 0 Å². The van der Waals surface area contributed by atoms with Crippen LogP contribution in [0.5, 0.6) is 0 Å². The van der Waals surface area contributed by atoms with E-state index in [4.69, 9.17) is 33.2 Å². The van der Waals surface area contributed by atoms with Gasteiger partial charge in [-0.15, -0.1) is 0 Å². The summed E-state index contributed by atoms with van der Waals surface area (Å²) in [5, 5.41) is 46.1. The molecule has 0 radical (unpaired) electrons. The van der Waals surface area contributed by atoms with Crippen molar-refractivity contribution in [2.45, 2.75) is 113 Å². The highest BCUT2D eigenvalue weighted by Crippen LogP contribution is 2.36. The van der Waals surface area contributed by atoms with Crippen molar-refractivity contribution in [3.8, 4) is 0 Å². The Labute approximate surface area is 265 Å². The topological polar surface area (TPSA) is 175 Å². The van der Waals surface area contributed by atoms with Gasteiger partial charge in [0.05, 0.1) is 12.7 Å². The van der Waals surface area contributed by atoms with Gasteiger partial charge in [0.2, 0.25) is 0 Å². The Morgan fingerprint density at radius 3 is 2.37 bits per heavy atom. The largest absolute Gasteiger partial charge is 0.444 e. The number of carbonyl (C=O) groups excluding carboxylic acids is 1. The quantitative estimate of drug-likeness (QED) is 0.127. The molecule has 1 aromatic carbocycles. The third-order valence-electron chi connectivity index (χ3n) is 7.26. The van der Waals surface area contributed by atoms with Crippen LogP contribution in [-0.4, -0.2) is 118 Å². The number of alkyl carbamates (subject to hydrolysis) is 1. The minimum atomic E-state index is -1.49. The average molecular weight is 726 g/mol. The summed E-state index contributed by atoms with van der Waals surface area (Å²) < 4.78 is 40.8. The molecule has 13 nitrogen and oxygen atoms in total. The van der Waals surface area contributed by atoms with Crippen LogP contribution >= 0.6 is 22.6 Å². The molecule has 0 aliphatic carbocycles. The van der Waals surface area contributed by atoms with Crippen LogP contribution in [0, 0.1) is 0 Å². The fraction of sp³-hybridized carbons (Fsp3) is 0.759. The molecule has 5 N–H and O–H groups in total. The third-order valence-corrected chi connectivity index (χ3v) is 8.13. The lowest BCUT2D eigenvalue weighted by atomic mass is 9.96. The molecule has 244 valence electrons. The van der Waals surface area contributed by atoms with E-state index in [1.807, 2.05) is 30.3 Å². The molecule has 1 aromatic rings. The number of hydrogen-bond acceptors (Lipinski definition) is 12. The summed E-state index contributed by atoms with van der Waals surface area (Å²) in [6.45, 7) is 6.22. The number of carbonyl (C=O) groups is 1. The maximum atomic E-state index is 11.7. The van der Waals surface area contributed by atoms with Gasteiger partial charge in [-0.1, -0.05) is 52.9 Å². The molecule has 3 heterocycles. The van der Waals surface area contributed by atoms with Crippen molar-refractivity contribution in [2.75, 3.05) is 24.2 Å². The number of alkyl halides is 1. The SMILES string of the molecule is CC(C)(C)OC(=O)NCCCCCO[C@@H]1OC(CI)[C@H](O[C@@H]2OC3COC(c4ccccc4)O[C@@H]3C(O)C2O)C(O)C1O. The number of unbranched alkanes of at least 4 members (excludes halogenated alkanes) is 2. The van der Waals surface area contributed by atoms with Gasteiger partial charge in [0.1, 0.15) is 48.3 Å². The molecule has 0 saturated carbocycles. The number of amides is 1. The number of aliphatic hydroxyl groups is 4.